The Morgan fingerprint density at radius 3 is 2.71 bits per heavy atom. The Kier molecular flexibility index (Phi) is 4.74. The van der Waals surface area contributed by atoms with Crippen molar-refractivity contribution >= 4 is 27.3 Å². The summed E-state index contributed by atoms with van der Waals surface area (Å²) >= 11 is 3.11. The molecule has 21 heavy (non-hydrogen) atoms. The predicted octanol–water partition coefficient (Wildman–Crippen LogP) is 4.12. The molecule has 7 heteroatoms. The van der Waals surface area contributed by atoms with Gasteiger partial charge in [-0.25, -0.2) is 4.39 Å². The van der Waals surface area contributed by atoms with E-state index in [0.717, 1.165) is 5.56 Å². The number of nitro groups is 1. The normalized spacial score (nSPS) is 10.2. The van der Waals surface area contributed by atoms with Gasteiger partial charge in [-0.15, -0.1) is 0 Å². The molecule has 0 aliphatic carbocycles. The highest BCUT2D eigenvalue weighted by molar-refractivity contribution is 9.10. The highest BCUT2D eigenvalue weighted by atomic mass is 79.9. The third-order valence-electron chi connectivity index (χ3n) is 2.86. The Balaban J connectivity index is 2.14. The third kappa shape index (κ3) is 3.69. The summed E-state index contributed by atoms with van der Waals surface area (Å²) in [7, 11) is 1.38. The van der Waals surface area contributed by atoms with Gasteiger partial charge in [0.1, 0.15) is 5.82 Å². The number of anilines is 1. The van der Waals surface area contributed by atoms with E-state index in [9.17, 15) is 14.5 Å². The fourth-order valence-corrected chi connectivity index (χ4v) is 2.22. The van der Waals surface area contributed by atoms with Crippen LogP contribution < -0.4 is 10.1 Å². The second-order valence-corrected chi connectivity index (χ2v) is 5.10. The molecule has 0 saturated heterocycles. The number of benzene rings is 2. The molecule has 0 spiro atoms. The zero-order chi connectivity index (χ0) is 15.4. The molecule has 2 aromatic carbocycles. The molecule has 2 aromatic rings. The van der Waals surface area contributed by atoms with Crippen LogP contribution in [0.15, 0.2) is 40.9 Å². The first-order valence-electron chi connectivity index (χ1n) is 6.01. The summed E-state index contributed by atoms with van der Waals surface area (Å²) in [4.78, 5) is 10.4. The molecular weight excluding hydrogens is 343 g/mol. The van der Waals surface area contributed by atoms with Gasteiger partial charge in [0.25, 0.3) is 0 Å². The Morgan fingerprint density at radius 2 is 2.10 bits per heavy atom. The predicted molar refractivity (Wildman–Crippen MR) is 81.1 cm³/mol. The molecule has 0 aromatic heterocycles. The largest absolute Gasteiger partial charge is 0.490 e. The van der Waals surface area contributed by atoms with Gasteiger partial charge in [-0.05, 0) is 45.8 Å². The zero-order valence-electron chi connectivity index (χ0n) is 11.1. The van der Waals surface area contributed by atoms with Gasteiger partial charge < -0.3 is 10.1 Å². The maximum Gasteiger partial charge on any atom is 0.312 e. The SMILES string of the molecule is COc1ccc(NCc2ccc(F)c(Br)c2)cc1[N+](=O)[O-]. The van der Waals surface area contributed by atoms with E-state index in [1.54, 1.807) is 18.2 Å². The standard InChI is InChI=1S/C14H12BrFN2O3/c1-21-14-5-3-10(7-13(14)18(19)20)17-8-9-2-4-12(16)11(15)6-9/h2-7,17H,8H2,1H3. The molecule has 110 valence electrons. The van der Waals surface area contributed by atoms with Crippen LogP contribution >= 0.6 is 15.9 Å². The highest BCUT2D eigenvalue weighted by Crippen LogP contribution is 2.30. The lowest BCUT2D eigenvalue weighted by Crippen LogP contribution is -2.01. The quantitative estimate of drug-likeness (QED) is 0.647. The van der Waals surface area contributed by atoms with Crippen LogP contribution in [0, 0.1) is 15.9 Å². The number of nitro benzene ring substituents is 1. The summed E-state index contributed by atoms with van der Waals surface area (Å²) < 4.78 is 18.4. The van der Waals surface area contributed by atoms with Crippen LogP contribution in [0.4, 0.5) is 15.8 Å². The summed E-state index contributed by atoms with van der Waals surface area (Å²) in [5, 5.41) is 14.0. The van der Waals surface area contributed by atoms with Crippen molar-refractivity contribution < 1.29 is 14.1 Å². The monoisotopic (exact) mass is 354 g/mol. The lowest BCUT2D eigenvalue weighted by atomic mass is 10.2. The van der Waals surface area contributed by atoms with Gasteiger partial charge in [0.15, 0.2) is 5.75 Å². The smallest absolute Gasteiger partial charge is 0.312 e. The van der Waals surface area contributed by atoms with Gasteiger partial charge >= 0.3 is 5.69 Å². The topological polar surface area (TPSA) is 64.4 Å². The lowest BCUT2D eigenvalue weighted by molar-refractivity contribution is -0.385. The maximum atomic E-state index is 13.1. The second-order valence-electron chi connectivity index (χ2n) is 4.25. The van der Waals surface area contributed by atoms with Crippen molar-refractivity contribution in [1.82, 2.24) is 0 Å². The van der Waals surface area contributed by atoms with E-state index < -0.39 is 4.92 Å². The molecule has 0 aliphatic rings. The third-order valence-corrected chi connectivity index (χ3v) is 3.46. The molecule has 0 fully saturated rings. The lowest BCUT2D eigenvalue weighted by Gasteiger charge is -2.08. The molecule has 0 heterocycles. The van der Waals surface area contributed by atoms with Gasteiger partial charge in [-0.1, -0.05) is 6.07 Å². The van der Waals surface area contributed by atoms with E-state index in [0.29, 0.717) is 16.7 Å². The van der Waals surface area contributed by atoms with Gasteiger partial charge in [0, 0.05) is 18.3 Å². The van der Waals surface area contributed by atoms with Crippen molar-refractivity contribution in [3.05, 3.63) is 62.4 Å². The van der Waals surface area contributed by atoms with Crippen LogP contribution in [0.5, 0.6) is 5.75 Å². The van der Waals surface area contributed by atoms with E-state index >= 15 is 0 Å². The summed E-state index contributed by atoms with van der Waals surface area (Å²) in [6.45, 7) is 0.419. The maximum absolute atomic E-state index is 13.1. The van der Waals surface area contributed by atoms with Crippen molar-refractivity contribution in [2.75, 3.05) is 12.4 Å². The summed E-state index contributed by atoms with van der Waals surface area (Å²) in [5.74, 6) is -0.131. The van der Waals surface area contributed by atoms with Crippen LogP contribution in [0.1, 0.15) is 5.56 Å². The number of hydrogen-bond donors (Lipinski definition) is 1. The number of nitrogens with zero attached hydrogens (tertiary/aromatic N) is 1. The van der Waals surface area contributed by atoms with Crippen molar-refractivity contribution in [2.24, 2.45) is 0 Å². The van der Waals surface area contributed by atoms with Gasteiger partial charge in [-0.3, -0.25) is 10.1 Å². The Bertz CT molecular complexity index is 679. The van der Waals surface area contributed by atoms with Crippen LogP contribution in [-0.2, 0) is 6.54 Å². The molecule has 0 amide bonds. The summed E-state index contributed by atoms with van der Waals surface area (Å²) in [5.41, 5.74) is 1.33. The summed E-state index contributed by atoms with van der Waals surface area (Å²) in [6.07, 6.45) is 0. The molecule has 1 N–H and O–H groups in total. The fraction of sp³-hybridized carbons (Fsp3) is 0.143. The van der Waals surface area contributed by atoms with Crippen LogP contribution in [0.2, 0.25) is 0 Å². The number of methoxy groups -OCH3 is 1. The molecule has 0 saturated carbocycles. The van der Waals surface area contributed by atoms with Crippen molar-refractivity contribution in [2.45, 2.75) is 6.54 Å². The van der Waals surface area contributed by atoms with Crippen LogP contribution in [0.25, 0.3) is 0 Å². The molecule has 2 rings (SSSR count). The fourth-order valence-electron chi connectivity index (χ4n) is 1.80. The molecule has 0 unspecified atom stereocenters. The first kappa shape index (κ1) is 15.2. The first-order chi connectivity index (χ1) is 10.0. The van der Waals surface area contributed by atoms with Crippen LogP contribution in [0.3, 0.4) is 0 Å². The van der Waals surface area contributed by atoms with Crippen molar-refractivity contribution in [3.63, 3.8) is 0 Å². The highest BCUT2D eigenvalue weighted by Gasteiger charge is 2.15. The first-order valence-corrected chi connectivity index (χ1v) is 6.81. The van der Waals surface area contributed by atoms with Crippen molar-refractivity contribution in [3.8, 4) is 5.75 Å². The number of hydrogen-bond acceptors (Lipinski definition) is 4. The minimum atomic E-state index is -0.501. The van der Waals surface area contributed by atoms with E-state index in [1.807, 2.05) is 0 Å². The number of ether oxygens (including phenoxy) is 1. The number of halogens is 2. The molecule has 0 atom stereocenters. The minimum absolute atomic E-state index is 0.109. The van der Waals surface area contributed by atoms with Gasteiger partial charge in [-0.2, -0.15) is 0 Å². The molecule has 0 bridgehead atoms. The molecule has 0 radical (unpaired) electrons. The van der Waals surface area contributed by atoms with E-state index in [1.165, 1.54) is 25.3 Å². The summed E-state index contributed by atoms with van der Waals surface area (Å²) in [6, 6.07) is 9.27. The Labute approximate surface area is 129 Å². The average Bonchev–Trinajstić information content (AvgIpc) is 2.48. The molecular formula is C14H12BrFN2O3. The average molecular weight is 355 g/mol. The van der Waals surface area contributed by atoms with E-state index in [2.05, 4.69) is 21.2 Å². The van der Waals surface area contributed by atoms with E-state index in [-0.39, 0.29) is 17.3 Å². The van der Waals surface area contributed by atoms with E-state index in [4.69, 9.17) is 4.74 Å². The van der Waals surface area contributed by atoms with Gasteiger partial charge in [0.2, 0.25) is 0 Å². The minimum Gasteiger partial charge on any atom is -0.490 e. The number of nitrogens with one attached hydrogen (secondary N) is 1. The number of rotatable bonds is 5. The molecule has 5 nitrogen and oxygen atoms in total. The Morgan fingerprint density at radius 1 is 1.33 bits per heavy atom. The Hall–Kier alpha value is -2.15. The second kappa shape index (κ2) is 6.53. The van der Waals surface area contributed by atoms with Crippen molar-refractivity contribution in [1.29, 1.82) is 0 Å². The van der Waals surface area contributed by atoms with Crippen LogP contribution in [-0.4, -0.2) is 12.0 Å². The van der Waals surface area contributed by atoms with Gasteiger partial charge in [0.05, 0.1) is 16.5 Å². The molecule has 0 aliphatic heterocycles. The zero-order valence-corrected chi connectivity index (χ0v) is 12.7.